The second-order valence-electron chi connectivity index (χ2n) is 6.18. The van der Waals surface area contributed by atoms with Crippen LogP contribution in [0.2, 0.25) is 0 Å². The first-order valence-corrected chi connectivity index (χ1v) is 8.08. The van der Waals surface area contributed by atoms with Gasteiger partial charge in [-0.2, -0.15) is 0 Å². The van der Waals surface area contributed by atoms with Gasteiger partial charge in [0.25, 0.3) is 0 Å². The van der Waals surface area contributed by atoms with Crippen LogP contribution in [0.15, 0.2) is 24.3 Å². The van der Waals surface area contributed by atoms with Crippen LogP contribution >= 0.6 is 0 Å². The van der Waals surface area contributed by atoms with Crippen molar-refractivity contribution in [1.82, 2.24) is 9.88 Å². The predicted molar refractivity (Wildman–Crippen MR) is 92.6 cm³/mol. The molecule has 130 valence electrons. The van der Waals surface area contributed by atoms with Gasteiger partial charge in [-0.1, -0.05) is 29.8 Å². The summed E-state index contributed by atoms with van der Waals surface area (Å²) >= 11 is 0. The van der Waals surface area contributed by atoms with Crippen LogP contribution in [0.4, 0.5) is 4.79 Å². The second kappa shape index (κ2) is 6.55. The Morgan fingerprint density at radius 1 is 1.20 bits per heavy atom. The van der Waals surface area contributed by atoms with Crippen LogP contribution < -0.4 is 0 Å². The summed E-state index contributed by atoms with van der Waals surface area (Å²) in [4.78, 5) is 29.7. The van der Waals surface area contributed by atoms with E-state index in [-0.39, 0.29) is 6.54 Å². The van der Waals surface area contributed by atoms with Crippen LogP contribution in [0.3, 0.4) is 0 Å². The van der Waals surface area contributed by atoms with E-state index < -0.39 is 12.1 Å². The molecule has 0 unspecified atom stereocenters. The molecule has 1 aromatic carbocycles. The number of rotatable bonds is 2. The third kappa shape index (κ3) is 3.07. The molecule has 1 N–H and O–H groups in total. The Hall–Kier alpha value is -2.89. The molecule has 0 saturated heterocycles. The van der Waals surface area contributed by atoms with Gasteiger partial charge in [-0.3, -0.25) is 4.98 Å². The molecule has 1 aromatic heterocycles. The lowest BCUT2D eigenvalue weighted by molar-refractivity contribution is 0.0600. The van der Waals surface area contributed by atoms with Crippen molar-refractivity contribution in [2.75, 3.05) is 13.7 Å². The Morgan fingerprint density at radius 3 is 2.48 bits per heavy atom. The normalized spacial score (nSPS) is 13.3. The van der Waals surface area contributed by atoms with Gasteiger partial charge >= 0.3 is 12.1 Å². The highest BCUT2D eigenvalue weighted by atomic mass is 16.5. The van der Waals surface area contributed by atoms with Crippen LogP contribution in [0, 0.1) is 13.8 Å². The van der Waals surface area contributed by atoms with Crippen LogP contribution in [0.5, 0.6) is 0 Å². The molecule has 0 saturated carbocycles. The Kier molecular flexibility index (Phi) is 4.44. The number of amides is 1. The van der Waals surface area contributed by atoms with Crippen molar-refractivity contribution in [2.45, 2.75) is 26.8 Å². The van der Waals surface area contributed by atoms with Gasteiger partial charge in [-0.25, -0.2) is 9.59 Å². The lowest BCUT2D eigenvalue weighted by Crippen LogP contribution is -2.36. The SMILES string of the molecule is COC(=O)c1c(C)nc2c(c1-c1ccc(C)cc1)CN(C(=O)O)CC2. The largest absolute Gasteiger partial charge is 0.465 e. The molecule has 6 nitrogen and oxygen atoms in total. The fraction of sp³-hybridized carbons (Fsp3) is 0.316. The zero-order chi connectivity index (χ0) is 18.1. The number of carbonyl (C=O) groups excluding carboxylic acids is 1. The van der Waals surface area contributed by atoms with E-state index in [9.17, 15) is 14.7 Å². The summed E-state index contributed by atoms with van der Waals surface area (Å²) in [6, 6.07) is 7.82. The molecular weight excluding hydrogens is 320 g/mol. The number of carboxylic acid groups (broad SMARTS) is 1. The fourth-order valence-corrected chi connectivity index (χ4v) is 3.24. The zero-order valence-electron chi connectivity index (χ0n) is 14.5. The minimum absolute atomic E-state index is 0.213. The summed E-state index contributed by atoms with van der Waals surface area (Å²) in [5.74, 6) is -0.462. The van der Waals surface area contributed by atoms with E-state index in [0.29, 0.717) is 24.2 Å². The predicted octanol–water partition coefficient (Wildman–Crippen LogP) is 3.19. The Balaban J connectivity index is 2.27. The summed E-state index contributed by atoms with van der Waals surface area (Å²) in [6.45, 7) is 4.39. The van der Waals surface area contributed by atoms with Gasteiger partial charge in [0.2, 0.25) is 0 Å². The van der Waals surface area contributed by atoms with Gasteiger partial charge < -0.3 is 14.7 Å². The number of pyridine rings is 1. The minimum atomic E-state index is -0.972. The van der Waals surface area contributed by atoms with Crippen molar-refractivity contribution < 1.29 is 19.4 Å². The van der Waals surface area contributed by atoms with E-state index in [1.54, 1.807) is 6.92 Å². The number of methoxy groups -OCH3 is 1. The van der Waals surface area contributed by atoms with E-state index in [4.69, 9.17) is 4.74 Å². The maximum Gasteiger partial charge on any atom is 0.407 e. The van der Waals surface area contributed by atoms with Crippen molar-refractivity contribution in [1.29, 1.82) is 0 Å². The number of hydrogen-bond acceptors (Lipinski definition) is 4. The summed E-state index contributed by atoms with van der Waals surface area (Å²) in [5.41, 5.74) is 5.32. The molecule has 1 amide bonds. The van der Waals surface area contributed by atoms with Crippen LogP contribution in [0.25, 0.3) is 11.1 Å². The number of ether oxygens (including phenoxy) is 1. The standard InChI is InChI=1S/C19H20N2O4/c1-11-4-6-13(7-5-11)17-14-10-21(19(23)24)9-8-15(14)20-12(2)16(17)18(22)25-3/h4-7H,8-10H2,1-3H3,(H,23,24). The quantitative estimate of drug-likeness (QED) is 0.849. The maximum absolute atomic E-state index is 12.4. The third-order valence-electron chi connectivity index (χ3n) is 4.53. The highest BCUT2D eigenvalue weighted by molar-refractivity contribution is 5.99. The smallest absolute Gasteiger partial charge is 0.407 e. The van der Waals surface area contributed by atoms with Crippen molar-refractivity contribution in [3.05, 3.63) is 52.3 Å². The molecule has 2 heterocycles. The fourth-order valence-electron chi connectivity index (χ4n) is 3.24. The summed E-state index contributed by atoms with van der Waals surface area (Å²) < 4.78 is 4.96. The number of aryl methyl sites for hydroxylation is 2. The summed E-state index contributed by atoms with van der Waals surface area (Å²) in [7, 11) is 1.34. The maximum atomic E-state index is 12.4. The number of aromatic nitrogens is 1. The molecule has 0 aliphatic carbocycles. The zero-order valence-corrected chi connectivity index (χ0v) is 14.5. The first-order valence-electron chi connectivity index (χ1n) is 8.08. The molecule has 1 aliphatic heterocycles. The van der Waals surface area contributed by atoms with Crippen molar-refractivity contribution >= 4 is 12.1 Å². The van der Waals surface area contributed by atoms with Crippen molar-refractivity contribution in [2.24, 2.45) is 0 Å². The monoisotopic (exact) mass is 340 g/mol. The minimum Gasteiger partial charge on any atom is -0.465 e. The first kappa shape index (κ1) is 17.0. The Bertz CT molecular complexity index is 843. The summed E-state index contributed by atoms with van der Waals surface area (Å²) in [5, 5.41) is 9.35. The number of nitrogens with zero attached hydrogens (tertiary/aromatic N) is 2. The molecule has 0 fully saturated rings. The highest BCUT2D eigenvalue weighted by Crippen LogP contribution is 2.35. The average molecular weight is 340 g/mol. The molecule has 25 heavy (non-hydrogen) atoms. The van der Waals surface area contributed by atoms with Gasteiger partial charge in [0.15, 0.2) is 0 Å². The Labute approximate surface area is 146 Å². The van der Waals surface area contributed by atoms with Crippen molar-refractivity contribution in [3.63, 3.8) is 0 Å². The second-order valence-corrected chi connectivity index (χ2v) is 6.18. The lowest BCUT2D eigenvalue weighted by atomic mass is 9.89. The molecular formula is C19H20N2O4. The van der Waals surface area contributed by atoms with Gasteiger partial charge in [-0.05, 0) is 19.4 Å². The van der Waals surface area contributed by atoms with Gasteiger partial charge in [0, 0.05) is 29.8 Å². The average Bonchev–Trinajstić information content (AvgIpc) is 2.60. The third-order valence-corrected chi connectivity index (χ3v) is 4.53. The number of carbonyl (C=O) groups is 2. The molecule has 1 aliphatic rings. The van der Waals surface area contributed by atoms with E-state index in [1.165, 1.54) is 12.0 Å². The van der Waals surface area contributed by atoms with Crippen LogP contribution in [-0.2, 0) is 17.7 Å². The van der Waals surface area contributed by atoms with Crippen molar-refractivity contribution in [3.8, 4) is 11.1 Å². The van der Waals surface area contributed by atoms with Gasteiger partial charge in [0.1, 0.15) is 0 Å². The number of benzene rings is 1. The molecule has 0 spiro atoms. The molecule has 6 heteroatoms. The molecule has 0 atom stereocenters. The number of esters is 1. The Morgan fingerprint density at radius 2 is 1.88 bits per heavy atom. The molecule has 3 rings (SSSR count). The van der Waals surface area contributed by atoms with Crippen LogP contribution in [-0.4, -0.2) is 40.7 Å². The topological polar surface area (TPSA) is 79.7 Å². The first-order chi connectivity index (χ1) is 11.9. The number of hydrogen-bond donors (Lipinski definition) is 1. The van der Waals surface area contributed by atoms with Crippen LogP contribution in [0.1, 0.15) is 32.9 Å². The van der Waals surface area contributed by atoms with E-state index >= 15 is 0 Å². The van der Waals surface area contributed by atoms with Gasteiger partial charge in [-0.15, -0.1) is 0 Å². The highest BCUT2D eigenvalue weighted by Gasteiger charge is 2.29. The lowest BCUT2D eigenvalue weighted by Gasteiger charge is -2.29. The van der Waals surface area contributed by atoms with E-state index in [0.717, 1.165) is 27.9 Å². The van der Waals surface area contributed by atoms with E-state index in [1.807, 2.05) is 31.2 Å². The molecule has 2 aromatic rings. The van der Waals surface area contributed by atoms with E-state index in [2.05, 4.69) is 4.98 Å². The summed E-state index contributed by atoms with van der Waals surface area (Å²) in [6.07, 6.45) is -0.441. The molecule has 0 radical (unpaired) electrons. The van der Waals surface area contributed by atoms with Gasteiger partial charge in [0.05, 0.1) is 24.9 Å². The molecule has 0 bridgehead atoms. The number of fused-ring (bicyclic) bond motifs is 1.